The van der Waals surface area contributed by atoms with Crippen LogP contribution in [0.5, 0.6) is 0 Å². The second-order valence-electron chi connectivity index (χ2n) is 13.9. The predicted octanol–water partition coefficient (Wildman–Crippen LogP) is 7.13. The van der Waals surface area contributed by atoms with E-state index >= 15 is 0 Å². The van der Waals surface area contributed by atoms with Crippen molar-refractivity contribution in [2.75, 3.05) is 0 Å². The zero-order valence-electron chi connectivity index (χ0n) is 24.1. The van der Waals surface area contributed by atoms with Crippen LogP contribution in [0.1, 0.15) is 106 Å². The summed E-state index contributed by atoms with van der Waals surface area (Å²) in [6.45, 7) is 14.7. The molecular weight excluding hydrogens is 532 g/mol. The summed E-state index contributed by atoms with van der Waals surface area (Å²) < 4.78 is 11.3. The normalized spacial score (nSPS) is 44.0. The van der Waals surface area contributed by atoms with E-state index in [1.165, 1.54) is 52.4 Å². The van der Waals surface area contributed by atoms with Gasteiger partial charge in [-0.15, -0.1) is 0 Å². The molecule has 37 heavy (non-hydrogen) atoms. The average molecular weight is 582 g/mol. The number of ketones is 1. The molecule has 4 saturated carbocycles. The Hall–Kier alpha value is -0.910. The van der Waals surface area contributed by atoms with Crippen LogP contribution in [0.25, 0.3) is 0 Å². The standard InChI is InChI=1S/C31H49BrO5/c1-17(2)9-8-10-18(3)21-11-12-22-27-23(13-14-30(21,22)6)31(7)16-26(37-20(5)34)25(36-19(4)33)15-24(31)29(35)28(27)32/h17-18,21-28H,8-16H2,1-7H3/t18-,21-,22+,23+,24-,25+,26-,27+,28+,30-,31-/m1/s1. The van der Waals surface area contributed by atoms with E-state index in [-0.39, 0.29) is 33.3 Å². The van der Waals surface area contributed by atoms with E-state index in [0.29, 0.717) is 36.5 Å². The average Bonchev–Trinajstić information content (AvgIpc) is 3.14. The third-order valence-corrected chi connectivity index (χ3v) is 12.4. The van der Waals surface area contributed by atoms with Crippen molar-refractivity contribution in [3.63, 3.8) is 0 Å². The first-order valence-corrected chi connectivity index (χ1v) is 15.7. The fraction of sp³-hybridized carbons (Fsp3) is 0.903. The number of hydrogen-bond donors (Lipinski definition) is 0. The molecule has 0 aliphatic heterocycles. The predicted molar refractivity (Wildman–Crippen MR) is 148 cm³/mol. The van der Waals surface area contributed by atoms with Crippen molar-refractivity contribution < 1.29 is 23.9 Å². The second-order valence-corrected chi connectivity index (χ2v) is 14.9. The van der Waals surface area contributed by atoms with Crippen molar-refractivity contribution >= 4 is 33.7 Å². The summed E-state index contributed by atoms with van der Waals surface area (Å²) in [6.07, 6.45) is 8.68. The van der Waals surface area contributed by atoms with E-state index in [0.717, 1.165) is 18.3 Å². The summed E-state index contributed by atoms with van der Waals surface area (Å²) in [5.41, 5.74) is 0.0171. The lowest BCUT2D eigenvalue weighted by Crippen LogP contribution is -2.63. The number of rotatable bonds is 7. The van der Waals surface area contributed by atoms with E-state index in [1.54, 1.807) is 0 Å². The molecule has 0 aromatic heterocycles. The van der Waals surface area contributed by atoms with Crippen LogP contribution in [0, 0.1) is 52.3 Å². The Morgan fingerprint density at radius 3 is 2.19 bits per heavy atom. The highest BCUT2D eigenvalue weighted by Gasteiger charge is 2.66. The molecular formula is C31H49BrO5. The Morgan fingerprint density at radius 2 is 1.57 bits per heavy atom. The first-order chi connectivity index (χ1) is 17.3. The van der Waals surface area contributed by atoms with E-state index in [9.17, 15) is 14.4 Å². The monoisotopic (exact) mass is 580 g/mol. The van der Waals surface area contributed by atoms with Gasteiger partial charge in [-0.25, -0.2) is 0 Å². The molecule has 0 heterocycles. The summed E-state index contributed by atoms with van der Waals surface area (Å²) in [5.74, 6) is 2.76. The molecule has 5 nitrogen and oxygen atoms in total. The minimum Gasteiger partial charge on any atom is -0.459 e. The van der Waals surface area contributed by atoms with Crippen molar-refractivity contribution in [2.24, 2.45) is 52.3 Å². The van der Waals surface area contributed by atoms with Crippen molar-refractivity contribution in [3.8, 4) is 0 Å². The minimum atomic E-state index is -0.559. The molecule has 0 N–H and O–H groups in total. The molecule has 4 aliphatic rings. The summed E-state index contributed by atoms with van der Waals surface area (Å²) in [5, 5.41) is 0. The quantitative estimate of drug-likeness (QED) is 0.236. The van der Waals surface area contributed by atoms with Gasteiger partial charge in [0.15, 0.2) is 5.78 Å². The summed E-state index contributed by atoms with van der Waals surface area (Å²) >= 11 is 3.94. The van der Waals surface area contributed by atoms with Crippen LogP contribution >= 0.6 is 15.9 Å². The Kier molecular flexibility index (Phi) is 8.59. The molecule has 0 aromatic rings. The Balaban J connectivity index is 1.59. The Labute approximate surface area is 232 Å². The smallest absolute Gasteiger partial charge is 0.303 e. The van der Waals surface area contributed by atoms with Crippen LogP contribution in [0.4, 0.5) is 0 Å². The van der Waals surface area contributed by atoms with Gasteiger partial charge in [-0.1, -0.05) is 69.8 Å². The molecule has 4 fully saturated rings. The van der Waals surface area contributed by atoms with Gasteiger partial charge in [0.05, 0.1) is 4.83 Å². The fourth-order valence-electron chi connectivity index (χ4n) is 9.66. The second kappa shape index (κ2) is 10.9. The minimum absolute atomic E-state index is 0.154. The zero-order valence-corrected chi connectivity index (χ0v) is 25.6. The molecule has 6 heteroatoms. The number of ether oxygens (including phenoxy) is 2. The molecule has 4 aliphatic carbocycles. The number of fused-ring (bicyclic) bond motifs is 5. The lowest BCUT2D eigenvalue weighted by molar-refractivity contribution is -0.194. The Bertz CT molecular complexity index is 887. The highest BCUT2D eigenvalue weighted by molar-refractivity contribution is 9.10. The lowest BCUT2D eigenvalue weighted by Gasteiger charge is -2.62. The molecule has 0 unspecified atom stereocenters. The first kappa shape index (κ1) is 29.1. The highest BCUT2D eigenvalue weighted by Crippen LogP contribution is 2.68. The zero-order chi connectivity index (χ0) is 27.3. The molecule has 0 saturated heterocycles. The first-order valence-electron chi connectivity index (χ1n) is 14.8. The van der Waals surface area contributed by atoms with Gasteiger partial charge in [-0.05, 0) is 84.9 Å². The lowest BCUT2D eigenvalue weighted by atomic mass is 9.43. The molecule has 210 valence electrons. The van der Waals surface area contributed by atoms with Gasteiger partial charge in [0.25, 0.3) is 0 Å². The van der Waals surface area contributed by atoms with Gasteiger partial charge >= 0.3 is 11.9 Å². The topological polar surface area (TPSA) is 69.7 Å². The van der Waals surface area contributed by atoms with E-state index < -0.39 is 18.2 Å². The fourth-order valence-corrected chi connectivity index (χ4v) is 10.7. The third-order valence-electron chi connectivity index (χ3n) is 11.3. The molecule has 0 aromatic carbocycles. The van der Waals surface area contributed by atoms with Gasteiger partial charge in [0, 0.05) is 19.8 Å². The molecule has 0 amide bonds. The van der Waals surface area contributed by atoms with Crippen LogP contribution in [0.15, 0.2) is 0 Å². The number of halogens is 1. The summed E-state index contributed by atoms with van der Waals surface area (Å²) in [6, 6.07) is 0. The maximum atomic E-state index is 14.0. The number of carbonyl (C=O) groups excluding carboxylic acids is 3. The molecule has 11 atom stereocenters. The van der Waals surface area contributed by atoms with Crippen LogP contribution in [0.2, 0.25) is 0 Å². The molecule has 0 spiro atoms. The number of hydrogen-bond acceptors (Lipinski definition) is 5. The number of alkyl halides is 1. The SMILES string of the molecule is CC(=O)O[C@H]1C[C@@H]2C(=O)[C@@H](Br)[C@@H]3[C@H](CC[C@]4(C)[C@@H]([C@H](C)CCCC(C)C)CC[C@@H]34)[C@@]2(C)C[C@H]1OC(C)=O. The molecule has 4 rings (SSSR count). The number of carbonyl (C=O) groups is 3. The van der Waals surface area contributed by atoms with Gasteiger partial charge in [0.1, 0.15) is 12.2 Å². The van der Waals surface area contributed by atoms with Crippen LogP contribution < -0.4 is 0 Å². The van der Waals surface area contributed by atoms with Crippen molar-refractivity contribution in [1.29, 1.82) is 0 Å². The van der Waals surface area contributed by atoms with E-state index in [1.807, 2.05) is 0 Å². The highest BCUT2D eigenvalue weighted by atomic mass is 79.9. The largest absolute Gasteiger partial charge is 0.459 e. The van der Waals surface area contributed by atoms with Gasteiger partial charge in [-0.3, -0.25) is 14.4 Å². The van der Waals surface area contributed by atoms with Crippen molar-refractivity contribution in [1.82, 2.24) is 0 Å². The molecule has 0 bridgehead atoms. The third kappa shape index (κ3) is 5.31. The summed E-state index contributed by atoms with van der Waals surface area (Å²) in [7, 11) is 0. The molecule has 0 radical (unpaired) electrons. The summed E-state index contributed by atoms with van der Waals surface area (Å²) in [4.78, 5) is 37.7. The van der Waals surface area contributed by atoms with Gasteiger partial charge in [-0.2, -0.15) is 0 Å². The van der Waals surface area contributed by atoms with Crippen molar-refractivity contribution in [2.45, 2.75) is 123 Å². The van der Waals surface area contributed by atoms with Crippen LogP contribution in [-0.2, 0) is 23.9 Å². The maximum Gasteiger partial charge on any atom is 0.303 e. The maximum absolute atomic E-state index is 14.0. The van der Waals surface area contributed by atoms with Gasteiger partial charge < -0.3 is 9.47 Å². The van der Waals surface area contributed by atoms with Crippen molar-refractivity contribution in [3.05, 3.63) is 0 Å². The number of esters is 2. The van der Waals surface area contributed by atoms with Crippen LogP contribution in [0.3, 0.4) is 0 Å². The van der Waals surface area contributed by atoms with Crippen LogP contribution in [-0.4, -0.2) is 34.8 Å². The Morgan fingerprint density at radius 1 is 0.946 bits per heavy atom. The van der Waals surface area contributed by atoms with E-state index in [4.69, 9.17) is 9.47 Å². The van der Waals surface area contributed by atoms with Gasteiger partial charge in [0.2, 0.25) is 0 Å². The number of Topliss-reactive ketones (excluding diaryl/α,β-unsaturated/α-hetero) is 1. The van der Waals surface area contributed by atoms with E-state index in [2.05, 4.69) is 50.5 Å².